The Labute approximate surface area is 127 Å². The molecule has 0 bridgehead atoms. The van der Waals surface area contributed by atoms with E-state index in [1.165, 1.54) is 11.5 Å². The molecule has 0 aliphatic rings. The maximum atomic E-state index is 5.33. The molecule has 0 spiro atoms. The molecule has 0 unspecified atom stereocenters. The first kappa shape index (κ1) is 13.2. The maximum absolute atomic E-state index is 5.33. The molecule has 0 amide bonds. The zero-order chi connectivity index (χ0) is 14.1. The number of rotatable bonds is 3. The molecule has 0 saturated carbocycles. The highest BCUT2D eigenvalue weighted by Gasteiger charge is 2.19. The average Bonchev–Trinajstić information content (AvgIpc) is 3.05. The van der Waals surface area contributed by atoms with Crippen LogP contribution < -0.4 is 5.32 Å². The van der Waals surface area contributed by atoms with E-state index in [1.807, 2.05) is 26.1 Å². The number of hydrogen-bond donors (Lipinski definition) is 1. The number of hydrogen-bond acceptors (Lipinski definition) is 7. The number of halogens is 1. The molecule has 6 nitrogen and oxygen atoms in total. The van der Waals surface area contributed by atoms with Crippen LogP contribution in [-0.2, 0) is 0 Å². The Kier molecular flexibility index (Phi) is 3.49. The van der Waals surface area contributed by atoms with Gasteiger partial charge in [0.1, 0.15) is 10.7 Å². The van der Waals surface area contributed by atoms with Gasteiger partial charge in [0.05, 0.1) is 11.3 Å². The smallest absolute Gasteiger partial charge is 0.263 e. The van der Waals surface area contributed by atoms with Crippen molar-refractivity contribution in [3.63, 3.8) is 0 Å². The van der Waals surface area contributed by atoms with Crippen molar-refractivity contribution in [2.24, 2.45) is 0 Å². The van der Waals surface area contributed by atoms with Crippen molar-refractivity contribution in [2.45, 2.75) is 6.92 Å². The average molecular weight is 352 g/mol. The molecule has 0 radical (unpaired) electrons. The second-order valence-corrected chi connectivity index (χ2v) is 5.70. The zero-order valence-electron chi connectivity index (χ0n) is 10.7. The van der Waals surface area contributed by atoms with Crippen molar-refractivity contribution in [1.29, 1.82) is 0 Å². The molecule has 0 aliphatic heterocycles. The third kappa shape index (κ3) is 2.32. The minimum atomic E-state index is 0.445. The van der Waals surface area contributed by atoms with E-state index in [1.54, 1.807) is 6.20 Å². The van der Waals surface area contributed by atoms with E-state index in [9.17, 15) is 0 Å². The van der Waals surface area contributed by atoms with Crippen LogP contribution in [0, 0.1) is 6.92 Å². The summed E-state index contributed by atoms with van der Waals surface area (Å²) in [6.07, 6.45) is 1.70. The predicted octanol–water partition coefficient (Wildman–Crippen LogP) is 3.37. The summed E-state index contributed by atoms with van der Waals surface area (Å²) in [4.78, 5) is 8.64. The van der Waals surface area contributed by atoms with Gasteiger partial charge in [0.25, 0.3) is 5.89 Å². The Morgan fingerprint density at radius 2 is 2.20 bits per heavy atom. The fraction of sp³-hybridized carbons (Fsp3) is 0.167. The van der Waals surface area contributed by atoms with E-state index in [-0.39, 0.29) is 0 Å². The summed E-state index contributed by atoms with van der Waals surface area (Å²) < 4.78 is 10.5. The minimum absolute atomic E-state index is 0.445. The molecule has 0 atom stereocenters. The Hall–Kier alpha value is -1.80. The third-order valence-electron chi connectivity index (χ3n) is 2.69. The van der Waals surface area contributed by atoms with Crippen LogP contribution in [0.2, 0.25) is 0 Å². The van der Waals surface area contributed by atoms with Crippen molar-refractivity contribution >= 4 is 32.5 Å². The van der Waals surface area contributed by atoms with Gasteiger partial charge in [-0.1, -0.05) is 5.16 Å². The van der Waals surface area contributed by atoms with Gasteiger partial charge in [0.15, 0.2) is 0 Å². The lowest BCUT2D eigenvalue weighted by atomic mass is 10.2. The van der Waals surface area contributed by atoms with Gasteiger partial charge in [-0.05, 0) is 46.5 Å². The van der Waals surface area contributed by atoms with E-state index in [2.05, 4.69) is 40.7 Å². The standard InChI is InChI=1S/C12H10BrN5OS/c1-6-9(12(14-2)20-18-6)11-16-10(17-19-11)8-4-3-7(13)5-15-8/h3-5,14H,1-2H3. The van der Waals surface area contributed by atoms with Crippen molar-refractivity contribution in [3.8, 4) is 23.0 Å². The summed E-state index contributed by atoms with van der Waals surface area (Å²) >= 11 is 4.71. The van der Waals surface area contributed by atoms with Gasteiger partial charge in [-0.25, -0.2) is 0 Å². The lowest BCUT2D eigenvalue weighted by Crippen LogP contribution is -1.89. The van der Waals surface area contributed by atoms with Crippen LogP contribution >= 0.6 is 27.5 Å². The van der Waals surface area contributed by atoms with Crippen LogP contribution in [0.1, 0.15) is 5.69 Å². The highest BCUT2D eigenvalue weighted by molar-refractivity contribution is 9.10. The van der Waals surface area contributed by atoms with Gasteiger partial charge in [-0.3, -0.25) is 4.98 Å². The fourth-order valence-corrected chi connectivity index (χ4v) is 2.70. The molecule has 0 aliphatic carbocycles. The highest BCUT2D eigenvalue weighted by Crippen LogP contribution is 2.34. The molecular weight excluding hydrogens is 342 g/mol. The molecule has 3 rings (SSSR count). The molecule has 0 saturated heterocycles. The first-order chi connectivity index (χ1) is 9.69. The Balaban J connectivity index is 2.02. The van der Waals surface area contributed by atoms with Crippen LogP contribution in [-0.4, -0.2) is 26.5 Å². The number of aromatic nitrogens is 4. The van der Waals surface area contributed by atoms with E-state index in [0.29, 0.717) is 17.4 Å². The van der Waals surface area contributed by atoms with Gasteiger partial charge in [0.2, 0.25) is 5.82 Å². The van der Waals surface area contributed by atoms with Crippen LogP contribution in [0.3, 0.4) is 0 Å². The Bertz CT molecular complexity index is 737. The van der Waals surface area contributed by atoms with Gasteiger partial charge in [0, 0.05) is 17.7 Å². The molecule has 0 aromatic carbocycles. The van der Waals surface area contributed by atoms with E-state index >= 15 is 0 Å². The molecule has 1 N–H and O–H groups in total. The van der Waals surface area contributed by atoms with Crippen LogP contribution in [0.5, 0.6) is 0 Å². The number of nitrogens with zero attached hydrogens (tertiary/aromatic N) is 4. The van der Waals surface area contributed by atoms with Gasteiger partial charge < -0.3 is 9.84 Å². The second kappa shape index (κ2) is 5.29. The molecule has 0 fully saturated rings. The quantitative estimate of drug-likeness (QED) is 0.779. The SMILES string of the molecule is CNc1snc(C)c1-c1nc(-c2ccc(Br)cn2)no1. The maximum Gasteiger partial charge on any atom is 0.263 e. The number of nitrogens with one attached hydrogen (secondary N) is 1. The van der Waals surface area contributed by atoms with E-state index in [4.69, 9.17) is 4.52 Å². The number of anilines is 1. The van der Waals surface area contributed by atoms with Crippen molar-refractivity contribution in [2.75, 3.05) is 12.4 Å². The van der Waals surface area contributed by atoms with Crippen molar-refractivity contribution < 1.29 is 4.52 Å². The molecule has 102 valence electrons. The van der Waals surface area contributed by atoms with Crippen LogP contribution in [0.25, 0.3) is 23.0 Å². The molecular formula is C12H10BrN5OS. The summed E-state index contributed by atoms with van der Waals surface area (Å²) in [7, 11) is 1.84. The lowest BCUT2D eigenvalue weighted by Gasteiger charge is -1.96. The lowest BCUT2D eigenvalue weighted by molar-refractivity contribution is 0.432. The van der Waals surface area contributed by atoms with Gasteiger partial charge >= 0.3 is 0 Å². The van der Waals surface area contributed by atoms with Crippen LogP contribution in [0.15, 0.2) is 27.3 Å². The van der Waals surface area contributed by atoms with Gasteiger partial charge in [-0.15, -0.1) is 0 Å². The Morgan fingerprint density at radius 3 is 2.90 bits per heavy atom. The Morgan fingerprint density at radius 1 is 1.35 bits per heavy atom. The molecule has 8 heteroatoms. The third-order valence-corrected chi connectivity index (χ3v) is 4.11. The molecule has 20 heavy (non-hydrogen) atoms. The monoisotopic (exact) mass is 351 g/mol. The number of aryl methyl sites for hydroxylation is 1. The van der Waals surface area contributed by atoms with Crippen molar-refractivity contribution in [1.82, 2.24) is 19.5 Å². The molecule has 3 heterocycles. The van der Waals surface area contributed by atoms with E-state index < -0.39 is 0 Å². The molecule has 3 aromatic rings. The summed E-state index contributed by atoms with van der Waals surface area (Å²) in [5, 5.41) is 7.96. The summed E-state index contributed by atoms with van der Waals surface area (Å²) in [6, 6.07) is 3.71. The normalized spacial score (nSPS) is 10.8. The summed E-state index contributed by atoms with van der Waals surface area (Å²) in [5.41, 5.74) is 2.36. The first-order valence-corrected chi connectivity index (χ1v) is 7.35. The fourth-order valence-electron chi connectivity index (χ4n) is 1.73. The van der Waals surface area contributed by atoms with Gasteiger partial charge in [-0.2, -0.15) is 9.36 Å². The minimum Gasteiger partial charge on any atom is -0.378 e. The zero-order valence-corrected chi connectivity index (χ0v) is 13.1. The highest BCUT2D eigenvalue weighted by atomic mass is 79.9. The van der Waals surface area contributed by atoms with Crippen molar-refractivity contribution in [3.05, 3.63) is 28.5 Å². The summed E-state index contributed by atoms with van der Waals surface area (Å²) in [6.45, 7) is 1.91. The van der Waals surface area contributed by atoms with E-state index in [0.717, 1.165) is 20.7 Å². The number of pyridine rings is 1. The molecule has 3 aromatic heterocycles. The van der Waals surface area contributed by atoms with Crippen LogP contribution in [0.4, 0.5) is 5.00 Å². The second-order valence-electron chi connectivity index (χ2n) is 4.01. The largest absolute Gasteiger partial charge is 0.378 e. The topological polar surface area (TPSA) is 76.7 Å². The summed E-state index contributed by atoms with van der Waals surface area (Å²) in [5.74, 6) is 0.903. The predicted molar refractivity (Wildman–Crippen MR) is 80.6 cm³/mol. The first-order valence-electron chi connectivity index (χ1n) is 5.79.